The Kier molecular flexibility index (Phi) is 3.35. The van der Waals surface area contributed by atoms with Crippen LogP contribution in [0.3, 0.4) is 0 Å². The summed E-state index contributed by atoms with van der Waals surface area (Å²) in [4.78, 5) is 5.52. The molecule has 6 aromatic rings. The van der Waals surface area contributed by atoms with Crippen molar-refractivity contribution in [2.75, 3.05) is 0 Å². The second-order valence-corrected chi connectivity index (χ2v) is 10.6. The van der Waals surface area contributed by atoms with Crippen LogP contribution in [0.1, 0.15) is 0 Å². The van der Waals surface area contributed by atoms with Gasteiger partial charge in [0.15, 0.2) is 0 Å². The SMILES string of the molecule is c1ccc2sc(-c3cc4sc(-c5cc6ccccc6s5)cc4s3)cc2c1. The number of thiophene rings is 4. The van der Waals surface area contributed by atoms with Crippen LogP contribution in [-0.2, 0) is 0 Å². The summed E-state index contributed by atoms with van der Waals surface area (Å²) in [6.07, 6.45) is 0. The van der Waals surface area contributed by atoms with Crippen LogP contribution in [0.4, 0.5) is 0 Å². The summed E-state index contributed by atoms with van der Waals surface area (Å²) in [7, 11) is 0. The Morgan fingerprint density at radius 2 is 0.769 bits per heavy atom. The molecule has 0 atom stereocenters. The molecule has 124 valence electrons. The van der Waals surface area contributed by atoms with Crippen LogP contribution in [0.2, 0.25) is 0 Å². The van der Waals surface area contributed by atoms with E-state index in [1.54, 1.807) is 0 Å². The Labute approximate surface area is 166 Å². The molecule has 26 heavy (non-hydrogen) atoms. The molecular weight excluding hydrogens is 393 g/mol. The van der Waals surface area contributed by atoms with Crippen LogP contribution in [0.15, 0.2) is 72.8 Å². The first kappa shape index (κ1) is 15.1. The minimum atomic E-state index is 1.34. The third kappa shape index (κ3) is 2.37. The van der Waals surface area contributed by atoms with Crippen molar-refractivity contribution >= 4 is 74.9 Å². The van der Waals surface area contributed by atoms with Crippen molar-refractivity contribution < 1.29 is 0 Å². The summed E-state index contributed by atoms with van der Waals surface area (Å²) < 4.78 is 5.53. The van der Waals surface area contributed by atoms with Gasteiger partial charge in [-0.3, -0.25) is 0 Å². The van der Waals surface area contributed by atoms with Gasteiger partial charge in [-0.15, -0.1) is 45.3 Å². The third-order valence-corrected chi connectivity index (χ3v) is 9.46. The molecule has 2 aromatic carbocycles. The highest BCUT2D eigenvalue weighted by atomic mass is 32.1. The molecule has 0 amide bonds. The zero-order chi connectivity index (χ0) is 17.1. The third-order valence-electron chi connectivity index (χ3n) is 4.54. The van der Waals surface area contributed by atoms with Crippen molar-refractivity contribution in [3.8, 4) is 19.5 Å². The predicted octanol–water partition coefficient (Wildman–Crippen LogP) is 8.73. The largest absolute Gasteiger partial charge is 0.134 e. The zero-order valence-electron chi connectivity index (χ0n) is 13.6. The molecule has 0 saturated heterocycles. The fourth-order valence-corrected chi connectivity index (χ4v) is 7.95. The van der Waals surface area contributed by atoms with Gasteiger partial charge in [0.1, 0.15) is 0 Å². The van der Waals surface area contributed by atoms with Crippen molar-refractivity contribution in [3.05, 3.63) is 72.8 Å². The van der Waals surface area contributed by atoms with E-state index in [4.69, 9.17) is 0 Å². The van der Waals surface area contributed by atoms with E-state index in [2.05, 4.69) is 72.8 Å². The Morgan fingerprint density at radius 3 is 1.23 bits per heavy atom. The van der Waals surface area contributed by atoms with Gasteiger partial charge in [0.2, 0.25) is 0 Å². The molecule has 0 spiro atoms. The maximum absolute atomic E-state index is 2.37. The molecule has 0 saturated carbocycles. The lowest BCUT2D eigenvalue weighted by Crippen LogP contribution is -1.60. The summed E-state index contributed by atoms with van der Waals surface area (Å²) in [6.45, 7) is 0. The van der Waals surface area contributed by atoms with Crippen molar-refractivity contribution in [2.45, 2.75) is 0 Å². The first-order valence-corrected chi connectivity index (χ1v) is 11.6. The normalized spacial score (nSPS) is 11.8. The standard InChI is InChI=1S/C22H12S4/c1-3-7-15-13(5-1)9-17(23-15)19-11-21-22(25-19)12-20(26-21)18-10-14-6-2-4-8-16(14)24-18/h1-12H. The summed E-state index contributed by atoms with van der Waals surface area (Å²) >= 11 is 7.61. The van der Waals surface area contributed by atoms with Crippen LogP contribution >= 0.6 is 45.3 Å². The molecule has 0 aliphatic carbocycles. The number of benzene rings is 2. The molecule has 0 fully saturated rings. The van der Waals surface area contributed by atoms with Gasteiger partial charge in [0.25, 0.3) is 0 Å². The molecule has 0 N–H and O–H groups in total. The van der Waals surface area contributed by atoms with Gasteiger partial charge < -0.3 is 0 Å². The van der Waals surface area contributed by atoms with Crippen molar-refractivity contribution in [2.24, 2.45) is 0 Å². The van der Waals surface area contributed by atoms with Gasteiger partial charge in [-0.25, -0.2) is 0 Å². The molecule has 0 bridgehead atoms. The second kappa shape index (κ2) is 5.76. The van der Waals surface area contributed by atoms with E-state index in [-0.39, 0.29) is 0 Å². The lowest BCUT2D eigenvalue weighted by atomic mass is 10.2. The van der Waals surface area contributed by atoms with Crippen LogP contribution in [0, 0.1) is 0 Å². The maximum atomic E-state index is 2.37. The highest BCUT2D eigenvalue weighted by Crippen LogP contribution is 2.46. The molecule has 4 aromatic heterocycles. The summed E-state index contributed by atoms with van der Waals surface area (Å²) in [5, 5.41) is 2.69. The monoisotopic (exact) mass is 404 g/mol. The Balaban J connectivity index is 1.44. The van der Waals surface area contributed by atoms with Gasteiger partial charge >= 0.3 is 0 Å². The smallest absolute Gasteiger partial charge is 0.0464 e. The fraction of sp³-hybridized carbons (Fsp3) is 0. The van der Waals surface area contributed by atoms with E-state index < -0.39 is 0 Å². The lowest BCUT2D eigenvalue weighted by Gasteiger charge is -1.89. The van der Waals surface area contributed by atoms with Gasteiger partial charge in [-0.1, -0.05) is 36.4 Å². The second-order valence-electron chi connectivity index (χ2n) is 6.25. The van der Waals surface area contributed by atoms with Gasteiger partial charge in [-0.05, 0) is 47.2 Å². The minimum absolute atomic E-state index is 1.34. The zero-order valence-corrected chi connectivity index (χ0v) is 16.8. The molecule has 4 heterocycles. The Bertz CT molecular complexity index is 1190. The Hall–Kier alpha value is -1.98. The van der Waals surface area contributed by atoms with E-state index in [0.717, 1.165) is 0 Å². The number of hydrogen-bond acceptors (Lipinski definition) is 4. The predicted molar refractivity (Wildman–Crippen MR) is 121 cm³/mol. The highest BCUT2D eigenvalue weighted by molar-refractivity contribution is 7.34. The molecular formula is C22H12S4. The fourth-order valence-electron chi connectivity index (χ4n) is 3.29. The number of fused-ring (bicyclic) bond motifs is 3. The summed E-state index contributed by atoms with van der Waals surface area (Å²) in [5.41, 5.74) is 0. The van der Waals surface area contributed by atoms with Gasteiger partial charge in [0, 0.05) is 38.3 Å². The first-order valence-electron chi connectivity index (χ1n) is 8.35. The molecule has 0 nitrogen and oxygen atoms in total. The van der Waals surface area contributed by atoms with E-state index in [9.17, 15) is 0 Å². The van der Waals surface area contributed by atoms with E-state index >= 15 is 0 Å². The number of hydrogen-bond donors (Lipinski definition) is 0. The van der Waals surface area contributed by atoms with E-state index in [1.807, 2.05) is 45.3 Å². The first-order chi connectivity index (χ1) is 12.8. The number of rotatable bonds is 2. The molecule has 0 aliphatic rings. The maximum Gasteiger partial charge on any atom is 0.0464 e. The van der Waals surface area contributed by atoms with E-state index in [1.165, 1.54) is 49.1 Å². The minimum Gasteiger partial charge on any atom is -0.134 e. The summed E-state index contributed by atoms with van der Waals surface area (Å²) in [6, 6.07) is 26.7. The quantitative estimate of drug-likeness (QED) is 0.271. The molecule has 0 aliphatic heterocycles. The lowest BCUT2D eigenvalue weighted by molar-refractivity contribution is 1.85. The summed E-state index contributed by atoms with van der Waals surface area (Å²) in [5.74, 6) is 0. The molecule has 4 heteroatoms. The molecule has 6 rings (SSSR count). The van der Waals surface area contributed by atoms with E-state index in [0.29, 0.717) is 0 Å². The highest BCUT2D eigenvalue weighted by Gasteiger charge is 2.13. The average molecular weight is 405 g/mol. The topological polar surface area (TPSA) is 0 Å². The van der Waals surface area contributed by atoms with Gasteiger partial charge in [0.05, 0.1) is 0 Å². The average Bonchev–Trinajstić information content (AvgIpc) is 3.40. The van der Waals surface area contributed by atoms with Crippen molar-refractivity contribution in [1.29, 1.82) is 0 Å². The van der Waals surface area contributed by atoms with Crippen LogP contribution in [0.5, 0.6) is 0 Å². The van der Waals surface area contributed by atoms with Crippen LogP contribution in [0.25, 0.3) is 49.1 Å². The molecule has 0 unspecified atom stereocenters. The van der Waals surface area contributed by atoms with Crippen LogP contribution < -0.4 is 0 Å². The van der Waals surface area contributed by atoms with Crippen molar-refractivity contribution in [3.63, 3.8) is 0 Å². The Morgan fingerprint density at radius 1 is 0.385 bits per heavy atom. The molecule has 0 radical (unpaired) electrons. The van der Waals surface area contributed by atoms with Gasteiger partial charge in [-0.2, -0.15) is 0 Å². The van der Waals surface area contributed by atoms with Crippen molar-refractivity contribution in [1.82, 2.24) is 0 Å². The van der Waals surface area contributed by atoms with Crippen LogP contribution in [-0.4, -0.2) is 0 Å².